The third-order valence-corrected chi connectivity index (χ3v) is 4.83. The highest BCUT2D eigenvalue weighted by Crippen LogP contribution is 2.09. The van der Waals surface area contributed by atoms with Gasteiger partial charge < -0.3 is 43.4 Å². The molecule has 13 nitrogen and oxygen atoms in total. The molecule has 0 saturated carbocycles. The zero-order valence-corrected chi connectivity index (χ0v) is 19.0. The molecular weight excluding hydrogens is 422 g/mol. The minimum absolute atomic E-state index is 0.120. The van der Waals surface area contributed by atoms with Gasteiger partial charge in [0, 0.05) is 6.54 Å². The molecule has 0 aliphatic rings. The van der Waals surface area contributed by atoms with Crippen molar-refractivity contribution in [1.82, 2.24) is 16.0 Å². The number of nitrogens with zero attached hydrogens (tertiary/aromatic N) is 1. The van der Waals surface area contributed by atoms with Gasteiger partial charge in [0.2, 0.25) is 17.7 Å². The number of carbonyl (C=O) groups excluding carboxylic acids is 3. The Hall–Kier alpha value is -2.93. The van der Waals surface area contributed by atoms with E-state index in [0.29, 0.717) is 12.8 Å². The molecule has 0 bridgehead atoms. The number of carboxylic acids is 1. The standard InChI is InChI=1S/C19H37N7O6/c1-5-9(2)13(18(31)32)25-17(30)14(11(4)27)26-16(29)12(24-15(28)10(3)20)7-6-8-23-19(21)22/h9-14,27H,5-8,20H2,1-4H3,(H,24,28)(H,25,30)(H,26,29)(H,31,32)(H4,21,22,23). The number of carboxylic acid groups (broad SMARTS) is 1. The van der Waals surface area contributed by atoms with E-state index >= 15 is 0 Å². The monoisotopic (exact) mass is 459 g/mol. The lowest BCUT2D eigenvalue weighted by molar-refractivity contribution is -0.144. The van der Waals surface area contributed by atoms with Gasteiger partial charge in [-0.05, 0) is 32.6 Å². The molecule has 0 aromatic heterocycles. The normalized spacial score (nSPS) is 16.4. The zero-order chi connectivity index (χ0) is 25.0. The maximum absolute atomic E-state index is 12.8. The molecular formula is C19H37N7O6. The summed E-state index contributed by atoms with van der Waals surface area (Å²) in [6.07, 6.45) is -0.392. The number of hydrogen-bond acceptors (Lipinski definition) is 7. The number of rotatable bonds is 14. The van der Waals surface area contributed by atoms with Crippen molar-refractivity contribution >= 4 is 29.7 Å². The first-order valence-electron chi connectivity index (χ1n) is 10.4. The van der Waals surface area contributed by atoms with Crippen LogP contribution >= 0.6 is 0 Å². The lowest BCUT2D eigenvalue weighted by atomic mass is 9.98. The van der Waals surface area contributed by atoms with E-state index in [0.717, 1.165) is 0 Å². The van der Waals surface area contributed by atoms with Crippen molar-refractivity contribution in [2.45, 2.75) is 77.2 Å². The first-order chi connectivity index (χ1) is 14.8. The summed E-state index contributed by atoms with van der Waals surface area (Å²) in [5.41, 5.74) is 16.1. The highest BCUT2D eigenvalue weighted by Gasteiger charge is 2.33. The van der Waals surface area contributed by atoms with Crippen LogP contribution < -0.4 is 33.2 Å². The molecule has 0 saturated heterocycles. The van der Waals surface area contributed by atoms with Gasteiger partial charge >= 0.3 is 5.97 Å². The van der Waals surface area contributed by atoms with Crippen molar-refractivity contribution in [2.24, 2.45) is 28.1 Å². The van der Waals surface area contributed by atoms with Crippen LogP contribution in [0.2, 0.25) is 0 Å². The first kappa shape index (κ1) is 29.1. The van der Waals surface area contributed by atoms with Crippen LogP contribution in [0.25, 0.3) is 0 Å². The number of hydrogen-bond donors (Lipinski definition) is 8. The molecule has 0 spiro atoms. The predicted molar refractivity (Wildman–Crippen MR) is 118 cm³/mol. The molecule has 0 aromatic carbocycles. The topological polar surface area (TPSA) is 235 Å². The van der Waals surface area contributed by atoms with Gasteiger partial charge in [-0.2, -0.15) is 0 Å². The average molecular weight is 460 g/mol. The van der Waals surface area contributed by atoms with Crippen molar-refractivity contribution in [3.63, 3.8) is 0 Å². The second-order valence-corrected chi connectivity index (χ2v) is 7.74. The van der Waals surface area contributed by atoms with E-state index in [2.05, 4.69) is 20.9 Å². The second kappa shape index (κ2) is 14.2. The molecule has 0 aromatic rings. The van der Waals surface area contributed by atoms with E-state index in [1.165, 1.54) is 13.8 Å². The van der Waals surface area contributed by atoms with Gasteiger partial charge in [0.25, 0.3) is 0 Å². The van der Waals surface area contributed by atoms with Crippen molar-refractivity contribution in [2.75, 3.05) is 6.54 Å². The third kappa shape index (κ3) is 10.4. The fourth-order valence-corrected chi connectivity index (χ4v) is 2.66. The lowest BCUT2D eigenvalue weighted by Gasteiger charge is -2.27. The van der Waals surface area contributed by atoms with Crippen molar-refractivity contribution < 1.29 is 29.4 Å². The first-order valence-corrected chi connectivity index (χ1v) is 10.4. The Kier molecular flexibility index (Phi) is 12.9. The van der Waals surface area contributed by atoms with Gasteiger partial charge in [0.1, 0.15) is 18.1 Å². The summed E-state index contributed by atoms with van der Waals surface area (Å²) in [5, 5.41) is 26.6. The fourth-order valence-electron chi connectivity index (χ4n) is 2.66. The van der Waals surface area contributed by atoms with Crippen LogP contribution in [0.15, 0.2) is 4.99 Å². The molecule has 0 fully saturated rings. The Morgan fingerprint density at radius 1 is 0.938 bits per heavy atom. The average Bonchev–Trinajstić information content (AvgIpc) is 2.70. The minimum atomic E-state index is -1.44. The van der Waals surface area contributed by atoms with Crippen LogP contribution in [0.3, 0.4) is 0 Å². The lowest BCUT2D eigenvalue weighted by Crippen LogP contribution is -2.60. The predicted octanol–water partition coefficient (Wildman–Crippen LogP) is -2.65. The van der Waals surface area contributed by atoms with E-state index < -0.39 is 54.0 Å². The number of guanidine groups is 1. The number of amides is 3. The van der Waals surface area contributed by atoms with Gasteiger partial charge in [0.05, 0.1) is 12.1 Å². The summed E-state index contributed by atoms with van der Waals surface area (Å²) in [6, 6.07) is -4.60. The maximum atomic E-state index is 12.8. The molecule has 11 N–H and O–H groups in total. The number of aliphatic imine (C=N–C) groups is 1. The number of aliphatic carboxylic acids is 1. The van der Waals surface area contributed by atoms with Gasteiger partial charge in [-0.15, -0.1) is 0 Å². The molecule has 0 radical (unpaired) electrons. The number of nitrogens with two attached hydrogens (primary N) is 3. The van der Waals surface area contributed by atoms with Crippen molar-refractivity contribution in [3.05, 3.63) is 0 Å². The van der Waals surface area contributed by atoms with Gasteiger partial charge in [-0.1, -0.05) is 20.3 Å². The van der Waals surface area contributed by atoms with E-state index in [1.54, 1.807) is 13.8 Å². The van der Waals surface area contributed by atoms with Crippen LogP contribution in [0.1, 0.15) is 47.0 Å². The molecule has 0 heterocycles. The van der Waals surface area contributed by atoms with Crippen molar-refractivity contribution in [1.29, 1.82) is 0 Å². The zero-order valence-electron chi connectivity index (χ0n) is 19.0. The van der Waals surface area contributed by atoms with E-state index in [-0.39, 0.29) is 24.8 Å². The summed E-state index contributed by atoms with van der Waals surface area (Å²) in [6.45, 7) is 6.35. The largest absolute Gasteiger partial charge is 0.480 e. The summed E-state index contributed by atoms with van der Waals surface area (Å²) < 4.78 is 0. The maximum Gasteiger partial charge on any atom is 0.326 e. The van der Waals surface area contributed by atoms with Crippen LogP contribution in [0, 0.1) is 5.92 Å². The number of nitrogens with one attached hydrogen (secondary N) is 3. The molecule has 6 atom stereocenters. The van der Waals surface area contributed by atoms with Crippen molar-refractivity contribution in [3.8, 4) is 0 Å². The summed E-state index contributed by atoms with van der Waals surface area (Å²) in [7, 11) is 0. The quantitative estimate of drug-likeness (QED) is 0.0768. The Balaban J connectivity index is 5.43. The molecule has 13 heteroatoms. The Labute approximate surface area is 187 Å². The van der Waals surface area contributed by atoms with Crippen LogP contribution in [0.5, 0.6) is 0 Å². The number of aliphatic hydroxyl groups excluding tert-OH is 1. The highest BCUT2D eigenvalue weighted by molar-refractivity contribution is 5.94. The molecule has 6 unspecified atom stereocenters. The molecule has 32 heavy (non-hydrogen) atoms. The van der Waals surface area contributed by atoms with Crippen LogP contribution in [-0.2, 0) is 19.2 Å². The second-order valence-electron chi connectivity index (χ2n) is 7.74. The smallest absolute Gasteiger partial charge is 0.326 e. The SMILES string of the molecule is CCC(C)C(NC(=O)C(NC(=O)C(CCCN=C(N)N)NC(=O)C(C)N)C(C)O)C(=O)O. The number of aliphatic hydroxyl groups is 1. The molecule has 3 amide bonds. The van der Waals surface area contributed by atoms with Gasteiger partial charge in [-0.25, -0.2) is 4.79 Å². The van der Waals surface area contributed by atoms with Gasteiger partial charge in [-0.3, -0.25) is 19.4 Å². The molecule has 0 rings (SSSR count). The summed E-state index contributed by atoms with van der Waals surface area (Å²) in [5.74, 6) is -3.93. The summed E-state index contributed by atoms with van der Waals surface area (Å²) >= 11 is 0. The molecule has 0 aliphatic heterocycles. The summed E-state index contributed by atoms with van der Waals surface area (Å²) in [4.78, 5) is 52.7. The minimum Gasteiger partial charge on any atom is -0.480 e. The Bertz CT molecular complexity index is 679. The highest BCUT2D eigenvalue weighted by atomic mass is 16.4. The Morgan fingerprint density at radius 3 is 1.94 bits per heavy atom. The molecule has 0 aliphatic carbocycles. The fraction of sp³-hybridized carbons (Fsp3) is 0.737. The van der Waals surface area contributed by atoms with E-state index in [4.69, 9.17) is 17.2 Å². The van der Waals surface area contributed by atoms with Crippen LogP contribution in [0.4, 0.5) is 0 Å². The van der Waals surface area contributed by atoms with Gasteiger partial charge in [0.15, 0.2) is 5.96 Å². The third-order valence-electron chi connectivity index (χ3n) is 4.83. The van der Waals surface area contributed by atoms with E-state index in [9.17, 15) is 29.4 Å². The molecule has 184 valence electrons. The van der Waals surface area contributed by atoms with Crippen LogP contribution in [-0.4, -0.2) is 76.7 Å². The number of carbonyl (C=O) groups is 4. The van der Waals surface area contributed by atoms with E-state index in [1.807, 2.05) is 0 Å². The Morgan fingerprint density at radius 2 is 1.50 bits per heavy atom.